The second-order valence-corrected chi connectivity index (χ2v) is 8.75. The number of hydrogen-bond acceptors (Lipinski definition) is 7. The molecule has 190 valence electrons. The largest absolute Gasteiger partial charge is 0.490 e. The van der Waals surface area contributed by atoms with Gasteiger partial charge in [0.2, 0.25) is 0 Å². The van der Waals surface area contributed by atoms with E-state index in [9.17, 15) is 0 Å². The van der Waals surface area contributed by atoms with E-state index in [1.165, 1.54) is 19.3 Å². The number of nitrogens with zero attached hydrogens (tertiary/aromatic N) is 5. The van der Waals surface area contributed by atoms with Crippen LogP contribution in [-0.2, 0) is 6.54 Å². The number of benzene rings is 2. The number of ether oxygens (including phenoxy) is 2. The van der Waals surface area contributed by atoms with Crippen LogP contribution in [0.2, 0.25) is 0 Å². The second-order valence-electron chi connectivity index (χ2n) is 8.75. The molecule has 4 aromatic rings. The number of aromatic nitrogens is 4. The third-order valence-electron chi connectivity index (χ3n) is 6.01. The summed E-state index contributed by atoms with van der Waals surface area (Å²) < 4.78 is 13.9. The van der Waals surface area contributed by atoms with Crippen LogP contribution in [0.25, 0.3) is 22.1 Å². The average molecular weight is 489 g/mol. The predicted molar refractivity (Wildman–Crippen MR) is 146 cm³/mol. The molecular weight excluding hydrogens is 452 g/mol. The molecule has 0 saturated carbocycles. The Hall–Kier alpha value is -3.68. The summed E-state index contributed by atoms with van der Waals surface area (Å²) in [6, 6.07) is 14.1. The van der Waals surface area contributed by atoms with Crippen molar-refractivity contribution in [3.8, 4) is 11.5 Å². The number of unbranched alkanes of at least 4 members (excludes halogenated alkanes) is 4. The standard InChI is InChI=1S/C28H36N6O2/c1-4-7-9-12-17-34-23-14-11-10-13-22(23)26-27(34)30-28(33-31-26)32-29-20-21-15-16-24(36-18-8-5-2)25(19-21)35-6-3/h10-11,13-16,19-20H,4-9,12,17-18H2,1-3H3,(H,30,32,33)/b29-20+. The molecule has 0 saturated heterocycles. The fraction of sp³-hybridized carbons (Fsp3) is 0.429. The summed E-state index contributed by atoms with van der Waals surface area (Å²) in [5.41, 5.74) is 6.60. The number of hydrazone groups is 1. The summed E-state index contributed by atoms with van der Waals surface area (Å²) >= 11 is 0. The van der Waals surface area contributed by atoms with Crippen LogP contribution in [0.4, 0.5) is 5.95 Å². The van der Waals surface area contributed by atoms with Gasteiger partial charge >= 0.3 is 0 Å². The molecule has 4 rings (SSSR count). The molecule has 0 radical (unpaired) electrons. The third-order valence-corrected chi connectivity index (χ3v) is 6.01. The Labute approximate surface area is 212 Å². The van der Waals surface area contributed by atoms with Crippen LogP contribution in [0, 0.1) is 0 Å². The zero-order valence-electron chi connectivity index (χ0n) is 21.5. The molecule has 2 heterocycles. The number of aryl methyl sites for hydroxylation is 1. The van der Waals surface area contributed by atoms with Crippen molar-refractivity contribution >= 4 is 34.2 Å². The van der Waals surface area contributed by atoms with Gasteiger partial charge in [-0.05, 0) is 49.6 Å². The summed E-state index contributed by atoms with van der Waals surface area (Å²) in [7, 11) is 0. The Bertz CT molecular complexity index is 1300. The summed E-state index contributed by atoms with van der Waals surface area (Å²) in [4.78, 5) is 4.77. The lowest BCUT2D eigenvalue weighted by Gasteiger charge is -2.12. The van der Waals surface area contributed by atoms with Crippen LogP contribution in [0.5, 0.6) is 11.5 Å². The fourth-order valence-corrected chi connectivity index (χ4v) is 4.16. The molecule has 0 aliphatic rings. The lowest BCUT2D eigenvalue weighted by Crippen LogP contribution is -2.04. The van der Waals surface area contributed by atoms with Crippen LogP contribution < -0.4 is 14.9 Å². The molecule has 2 aromatic heterocycles. The maximum absolute atomic E-state index is 5.86. The van der Waals surface area contributed by atoms with Crippen molar-refractivity contribution in [1.29, 1.82) is 0 Å². The summed E-state index contributed by atoms with van der Waals surface area (Å²) in [5.74, 6) is 1.82. The zero-order chi connectivity index (χ0) is 25.2. The molecule has 0 bridgehead atoms. The first-order valence-electron chi connectivity index (χ1n) is 13.1. The summed E-state index contributed by atoms with van der Waals surface area (Å²) in [6.45, 7) is 8.47. The van der Waals surface area contributed by atoms with E-state index in [0.29, 0.717) is 24.9 Å². The minimum Gasteiger partial charge on any atom is -0.490 e. The number of fused-ring (bicyclic) bond motifs is 3. The molecule has 8 nitrogen and oxygen atoms in total. The van der Waals surface area contributed by atoms with E-state index in [0.717, 1.165) is 59.2 Å². The number of para-hydroxylation sites is 1. The molecule has 1 N–H and O–H groups in total. The van der Waals surface area contributed by atoms with E-state index in [1.807, 2.05) is 31.2 Å². The monoisotopic (exact) mass is 488 g/mol. The highest BCUT2D eigenvalue weighted by molar-refractivity contribution is 6.04. The van der Waals surface area contributed by atoms with E-state index >= 15 is 0 Å². The molecule has 0 aliphatic heterocycles. The van der Waals surface area contributed by atoms with Gasteiger partial charge in [-0.2, -0.15) is 10.1 Å². The van der Waals surface area contributed by atoms with Crippen molar-refractivity contribution < 1.29 is 9.47 Å². The maximum atomic E-state index is 5.86. The van der Waals surface area contributed by atoms with Crippen LogP contribution >= 0.6 is 0 Å². The van der Waals surface area contributed by atoms with Gasteiger partial charge in [0.25, 0.3) is 5.95 Å². The molecule has 0 atom stereocenters. The number of nitrogens with one attached hydrogen (secondary N) is 1. The van der Waals surface area contributed by atoms with Crippen molar-refractivity contribution in [1.82, 2.24) is 19.7 Å². The second kappa shape index (κ2) is 12.9. The first kappa shape index (κ1) is 25.4. The minimum absolute atomic E-state index is 0.362. The summed E-state index contributed by atoms with van der Waals surface area (Å²) in [6.07, 6.45) is 8.56. The average Bonchev–Trinajstić information content (AvgIpc) is 3.21. The van der Waals surface area contributed by atoms with Gasteiger partial charge in [0.05, 0.1) is 24.9 Å². The van der Waals surface area contributed by atoms with Crippen molar-refractivity contribution in [2.45, 2.75) is 65.8 Å². The lowest BCUT2D eigenvalue weighted by molar-refractivity contribution is 0.272. The zero-order valence-corrected chi connectivity index (χ0v) is 21.5. The Morgan fingerprint density at radius 3 is 2.61 bits per heavy atom. The Balaban J connectivity index is 1.52. The smallest absolute Gasteiger partial charge is 0.265 e. The highest BCUT2D eigenvalue weighted by Gasteiger charge is 2.14. The predicted octanol–water partition coefficient (Wildman–Crippen LogP) is 6.58. The SMILES string of the molecule is CCCCCCn1c2ccccc2c2nnc(N/N=C/c3ccc(OCCCC)c(OCC)c3)nc21. The first-order chi connectivity index (χ1) is 17.7. The van der Waals surface area contributed by atoms with Crippen LogP contribution in [-0.4, -0.2) is 39.2 Å². The topological polar surface area (TPSA) is 86.5 Å². The third kappa shape index (κ3) is 6.11. The fourth-order valence-electron chi connectivity index (χ4n) is 4.16. The molecule has 0 spiro atoms. The van der Waals surface area contributed by atoms with Gasteiger partial charge in [-0.1, -0.05) is 57.7 Å². The molecule has 2 aromatic carbocycles. The van der Waals surface area contributed by atoms with Crippen LogP contribution in [0.3, 0.4) is 0 Å². The number of hydrogen-bond donors (Lipinski definition) is 1. The van der Waals surface area contributed by atoms with Crippen molar-refractivity contribution in [3.63, 3.8) is 0 Å². The van der Waals surface area contributed by atoms with Gasteiger partial charge < -0.3 is 14.0 Å². The number of rotatable bonds is 14. The highest BCUT2D eigenvalue weighted by Crippen LogP contribution is 2.29. The van der Waals surface area contributed by atoms with Crippen LogP contribution in [0.1, 0.15) is 64.9 Å². The van der Waals surface area contributed by atoms with E-state index < -0.39 is 0 Å². The van der Waals surface area contributed by atoms with Crippen molar-refractivity contribution in [3.05, 3.63) is 48.0 Å². The Morgan fingerprint density at radius 2 is 1.78 bits per heavy atom. The van der Waals surface area contributed by atoms with E-state index in [1.54, 1.807) is 6.21 Å². The van der Waals surface area contributed by atoms with E-state index in [4.69, 9.17) is 14.5 Å². The summed E-state index contributed by atoms with van der Waals surface area (Å²) in [5, 5.41) is 14.2. The Morgan fingerprint density at radius 1 is 0.917 bits per heavy atom. The molecule has 0 amide bonds. The van der Waals surface area contributed by atoms with Gasteiger partial charge in [0.1, 0.15) is 5.52 Å². The van der Waals surface area contributed by atoms with Gasteiger partial charge in [-0.3, -0.25) is 0 Å². The first-order valence-corrected chi connectivity index (χ1v) is 13.1. The molecule has 8 heteroatoms. The highest BCUT2D eigenvalue weighted by atomic mass is 16.5. The molecular formula is C28H36N6O2. The van der Waals surface area contributed by atoms with E-state index in [2.05, 4.69) is 57.3 Å². The van der Waals surface area contributed by atoms with Gasteiger partial charge in [0.15, 0.2) is 17.1 Å². The quantitative estimate of drug-likeness (QED) is 0.122. The normalized spacial score (nSPS) is 11.5. The van der Waals surface area contributed by atoms with Crippen molar-refractivity contribution in [2.24, 2.45) is 5.10 Å². The number of anilines is 1. The van der Waals surface area contributed by atoms with Crippen LogP contribution in [0.15, 0.2) is 47.6 Å². The molecule has 0 aliphatic carbocycles. The van der Waals surface area contributed by atoms with Gasteiger partial charge in [-0.25, -0.2) is 5.43 Å². The maximum Gasteiger partial charge on any atom is 0.265 e. The van der Waals surface area contributed by atoms with Crippen molar-refractivity contribution in [2.75, 3.05) is 18.6 Å². The minimum atomic E-state index is 0.362. The lowest BCUT2D eigenvalue weighted by atomic mass is 10.2. The molecule has 0 unspecified atom stereocenters. The van der Waals surface area contributed by atoms with E-state index in [-0.39, 0.29) is 0 Å². The molecule has 0 fully saturated rings. The van der Waals surface area contributed by atoms with Gasteiger partial charge in [-0.15, -0.1) is 10.2 Å². The van der Waals surface area contributed by atoms with Gasteiger partial charge in [0, 0.05) is 11.9 Å². The molecule has 36 heavy (non-hydrogen) atoms. The Kier molecular flexibility index (Phi) is 9.08.